The van der Waals surface area contributed by atoms with Crippen molar-refractivity contribution in [3.05, 3.63) is 48.3 Å². The normalized spacial score (nSPS) is 17.4. The number of rotatable bonds is 6. The van der Waals surface area contributed by atoms with E-state index in [2.05, 4.69) is 34.2 Å². The Morgan fingerprint density at radius 3 is 2.60 bits per heavy atom. The second-order valence-electron chi connectivity index (χ2n) is 6.79. The van der Waals surface area contributed by atoms with Crippen molar-refractivity contribution < 1.29 is 4.79 Å². The summed E-state index contributed by atoms with van der Waals surface area (Å²) in [5.74, 6) is -0.111. The van der Waals surface area contributed by atoms with E-state index < -0.39 is 0 Å². The van der Waals surface area contributed by atoms with E-state index in [1.165, 1.54) is 0 Å². The van der Waals surface area contributed by atoms with Crippen LogP contribution in [0.2, 0.25) is 0 Å². The van der Waals surface area contributed by atoms with Crippen molar-refractivity contribution >= 4 is 5.91 Å². The van der Waals surface area contributed by atoms with Crippen LogP contribution in [-0.2, 0) is 0 Å². The van der Waals surface area contributed by atoms with Crippen LogP contribution in [0.4, 0.5) is 0 Å². The van der Waals surface area contributed by atoms with E-state index in [9.17, 15) is 4.79 Å². The zero-order valence-electron chi connectivity index (χ0n) is 15.1. The van der Waals surface area contributed by atoms with Gasteiger partial charge in [-0.3, -0.25) is 4.79 Å². The molecule has 134 valence electrons. The molecule has 1 N–H and O–H groups in total. The minimum Gasteiger partial charge on any atom is -0.348 e. The fraction of sp³-hybridized carbons (Fsp3) is 0.474. The molecular formula is C19H27N5O. The molecule has 6 heteroatoms. The number of amides is 1. The lowest BCUT2D eigenvalue weighted by atomic mass is 10.2. The van der Waals surface area contributed by atoms with E-state index in [0.29, 0.717) is 5.69 Å². The van der Waals surface area contributed by atoms with Crippen LogP contribution >= 0.6 is 0 Å². The average molecular weight is 341 g/mol. The molecule has 1 atom stereocenters. The maximum Gasteiger partial charge on any atom is 0.271 e. The molecule has 0 aliphatic carbocycles. The van der Waals surface area contributed by atoms with E-state index in [-0.39, 0.29) is 11.9 Å². The molecule has 1 aliphatic rings. The molecule has 1 amide bonds. The van der Waals surface area contributed by atoms with Crippen LogP contribution in [0.25, 0.3) is 5.69 Å². The summed E-state index contributed by atoms with van der Waals surface area (Å²) >= 11 is 0. The molecule has 1 unspecified atom stereocenters. The third kappa shape index (κ3) is 4.90. The molecule has 6 nitrogen and oxygen atoms in total. The minimum absolute atomic E-state index is 0.111. The molecule has 25 heavy (non-hydrogen) atoms. The van der Waals surface area contributed by atoms with Gasteiger partial charge in [0.2, 0.25) is 0 Å². The van der Waals surface area contributed by atoms with Crippen molar-refractivity contribution in [2.24, 2.45) is 0 Å². The standard InChI is InChI=1S/C19H27N5O/c1-16(8-10-23-14-12-22(2)13-15-23)20-19(25)18-9-11-24(21-18)17-6-4-3-5-7-17/h3-7,9,11,16H,8,10,12-15H2,1-2H3,(H,20,25). The highest BCUT2D eigenvalue weighted by Gasteiger charge is 2.16. The number of piperazine rings is 1. The number of nitrogens with zero attached hydrogens (tertiary/aromatic N) is 4. The van der Waals surface area contributed by atoms with Gasteiger partial charge in [0.15, 0.2) is 5.69 Å². The predicted octanol–water partition coefficient (Wildman–Crippen LogP) is 1.63. The molecule has 0 radical (unpaired) electrons. The summed E-state index contributed by atoms with van der Waals surface area (Å²) in [5.41, 5.74) is 1.40. The van der Waals surface area contributed by atoms with Gasteiger partial charge in [-0.25, -0.2) is 4.68 Å². The van der Waals surface area contributed by atoms with Crippen LogP contribution in [0.3, 0.4) is 0 Å². The third-order valence-electron chi connectivity index (χ3n) is 4.69. The number of benzene rings is 1. The van der Waals surface area contributed by atoms with Crippen molar-refractivity contribution in [2.75, 3.05) is 39.8 Å². The van der Waals surface area contributed by atoms with Gasteiger partial charge in [-0.05, 0) is 38.6 Å². The van der Waals surface area contributed by atoms with Crippen molar-refractivity contribution in [2.45, 2.75) is 19.4 Å². The fourth-order valence-corrected chi connectivity index (χ4v) is 2.99. The average Bonchev–Trinajstić information content (AvgIpc) is 3.12. The molecule has 1 saturated heterocycles. The lowest BCUT2D eigenvalue weighted by molar-refractivity contribution is 0.0926. The smallest absolute Gasteiger partial charge is 0.271 e. The Morgan fingerprint density at radius 1 is 1.16 bits per heavy atom. The number of aromatic nitrogens is 2. The van der Waals surface area contributed by atoms with Crippen molar-refractivity contribution in [3.63, 3.8) is 0 Å². The molecular weight excluding hydrogens is 314 g/mol. The van der Waals surface area contributed by atoms with E-state index in [4.69, 9.17) is 0 Å². The number of hydrogen-bond donors (Lipinski definition) is 1. The molecule has 0 spiro atoms. The van der Waals surface area contributed by atoms with Crippen molar-refractivity contribution in [1.29, 1.82) is 0 Å². The maximum atomic E-state index is 12.4. The largest absolute Gasteiger partial charge is 0.348 e. The first-order chi connectivity index (χ1) is 12.1. The van der Waals surface area contributed by atoms with Crippen LogP contribution < -0.4 is 5.32 Å². The number of para-hydroxylation sites is 1. The van der Waals surface area contributed by atoms with Crippen LogP contribution in [0.5, 0.6) is 0 Å². The summed E-state index contributed by atoms with van der Waals surface area (Å²) in [6.45, 7) is 7.54. The Kier molecular flexibility index (Phi) is 5.83. The van der Waals surface area contributed by atoms with Crippen molar-refractivity contribution in [1.82, 2.24) is 24.9 Å². The van der Waals surface area contributed by atoms with Gasteiger partial charge in [-0.15, -0.1) is 0 Å². The molecule has 1 fully saturated rings. The number of carbonyl (C=O) groups excluding carboxylic acids is 1. The monoisotopic (exact) mass is 341 g/mol. The number of carbonyl (C=O) groups is 1. The number of likely N-dealkylation sites (N-methyl/N-ethyl adjacent to an activating group) is 1. The second-order valence-corrected chi connectivity index (χ2v) is 6.79. The lowest BCUT2D eigenvalue weighted by Gasteiger charge is -2.32. The van der Waals surface area contributed by atoms with Gasteiger partial charge in [0.05, 0.1) is 5.69 Å². The Bertz CT molecular complexity index is 676. The first-order valence-electron chi connectivity index (χ1n) is 8.94. The lowest BCUT2D eigenvalue weighted by Crippen LogP contribution is -2.46. The van der Waals surface area contributed by atoms with Gasteiger partial charge in [0.25, 0.3) is 5.91 Å². The Labute approximate surface area is 149 Å². The first kappa shape index (κ1) is 17.6. The number of nitrogens with one attached hydrogen (secondary N) is 1. The number of hydrogen-bond acceptors (Lipinski definition) is 4. The Morgan fingerprint density at radius 2 is 1.88 bits per heavy atom. The van der Waals surface area contributed by atoms with Gasteiger partial charge in [-0.2, -0.15) is 5.10 Å². The maximum absolute atomic E-state index is 12.4. The summed E-state index contributed by atoms with van der Waals surface area (Å²) in [6.07, 6.45) is 2.77. The summed E-state index contributed by atoms with van der Waals surface area (Å²) in [6, 6.07) is 11.7. The first-order valence-corrected chi connectivity index (χ1v) is 8.94. The molecule has 3 rings (SSSR count). The quantitative estimate of drug-likeness (QED) is 0.868. The summed E-state index contributed by atoms with van der Waals surface area (Å²) in [5, 5.41) is 7.44. The molecule has 1 aliphatic heterocycles. The summed E-state index contributed by atoms with van der Waals surface area (Å²) in [4.78, 5) is 17.2. The molecule has 0 saturated carbocycles. The molecule has 2 heterocycles. The Balaban J connectivity index is 1.48. The van der Waals surface area contributed by atoms with Crippen LogP contribution in [-0.4, -0.2) is 71.3 Å². The van der Waals surface area contributed by atoms with Crippen LogP contribution in [0, 0.1) is 0 Å². The van der Waals surface area contributed by atoms with E-state index in [0.717, 1.165) is 44.8 Å². The summed E-state index contributed by atoms with van der Waals surface area (Å²) < 4.78 is 1.73. The van der Waals surface area contributed by atoms with Gasteiger partial charge < -0.3 is 15.1 Å². The van der Waals surface area contributed by atoms with Gasteiger partial charge in [0.1, 0.15) is 0 Å². The van der Waals surface area contributed by atoms with E-state index >= 15 is 0 Å². The fourth-order valence-electron chi connectivity index (χ4n) is 2.99. The summed E-state index contributed by atoms with van der Waals surface area (Å²) in [7, 11) is 2.16. The minimum atomic E-state index is -0.111. The van der Waals surface area contributed by atoms with E-state index in [1.807, 2.05) is 36.5 Å². The zero-order chi connectivity index (χ0) is 17.6. The highest BCUT2D eigenvalue weighted by molar-refractivity contribution is 5.92. The molecule has 1 aromatic heterocycles. The molecule has 0 bridgehead atoms. The van der Waals surface area contributed by atoms with E-state index in [1.54, 1.807) is 10.7 Å². The SMILES string of the molecule is CC(CCN1CCN(C)CC1)NC(=O)c1ccn(-c2ccccc2)n1. The predicted molar refractivity (Wildman–Crippen MR) is 99.0 cm³/mol. The van der Waals surface area contributed by atoms with Crippen molar-refractivity contribution in [3.8, 4) is 5.69 Å². The Hall–Kier alpha value is -2.18. The second kappa shape index (κ2) is 8.27. The van der Waals surface area contributed by atoms with Crippen LogP contribution in [0.1, 0.15) is 23.8 Å². The highest BCUT2D eigenvalue weighted by Crippen LogP contribution is 2.07. The van der Waals surface area contributed by atoms with Gasteiger partial charge >= 0.3 is 0 Å². The highest BCUT2D eigenvalue weighted by atomic mass is 16.2. The molecule has 2 aromatic rings. The van der Waals surface area contributed by atoms with Gasteiger partial charge in [0, 0.05) is 45.0 Å². The third-order valence-corrected chi connectivity index (χ3v) is 4.69. The van der Waals surface area contributed by atoms with Crippen LogP contribution in [0.15, 0.2) is 42.6 Å². The van der Waals surface area contributed by atoms with Gasteiger partial charge in [-0.1, -0.05) is 18.2 Å². The zero-order valence-corrected chi connectivity index (χ0v) is 15.1. The molecule has 1 aromatic carbocycles. The topological polar surface area (TPSA) is 53.4 Å².